The Morgan fingerprint density at radius 1 is 1.29 bits per heavy atom. The van der Waals surface area contributed by atoms with Gasteiger partial charge in [0.15, 0.2) is 5.65 Å². The summed E-state index contributed by atoms with van der Waals surface area (Å²) in [5.74, 6) is -0.250. The Kier molecular flexibility index (Phi) is 4.51. The lowest BCUT2D eigenvalue weighted by molar-refractivity contribution is -0.126. The van der Waals surface area contributed by atoms with Crippen molar-refractivity contribution in [1.82, 2.24) is 25.0 Å². The molecule has 0 aromatic carbocycles. The maximum Gasteiger partial charge on any atom is 0.256 e. The van der Waals surface area contributed by atoms with E-state index >= 15 is 0 Å². The van der Waals surface area contributed by atoms with Gasteiger partial charge in [-0.15, -0.1) is 0 Å². The summed E-state index contributed by atoms with van der Waals surface area (Å²) >= 11 is 0. The van der Waals surface area contributed by atoms with Crippen molar-refractivity contribution in [2.75, 3.05) is 13.6 Å². The van der Waals surface area contributed by atoms with Gasteiger partial charge in [0, 0.05) is 31.2 Å². The second kappa shape index (κ2) is 6.59. The first-order chi connectivity index (χ1) is 11.5. The molecule has 0 aliphatic carbocycles. The topological polar surface area (TPSA) is 80.1 Å². The molecule has 2 aromatic rings. The van der Waals surface area contributed by atoms with Crippen LogP contribution in [0, 0.1) is 0 Å². The maximum absolute atomic E-state index is 12.9. The molecule has 7 nitrogen and oxygen atoms in total. The quantitative estimate of drug-likeness (QED) is 0.930. The minimum absolute atomic E-state index is 0.107. The molecule has 2 amide bonds. The van der Waals surface area contributed by atoms with Crippen LogP contribution in [0.25, 0.3) is 11.0 Å². The zero-order valence-corrected chi connectivity index (χ0v) is 14.3. The van der Waals surface area contributed by atoms with E-state index in [1.54, 1.807) is 24.3 Å². The summed E-state index contributed by atoms with van der Waals surface area (Å²) in [5, 5.41) is 7.82. The summed E-state index contributed by atoms with van der Waals surface area (Å²) in [6, 6.07) is 1.62. The zero-order chi connectivity index (χ0) is 17.3. The van der Waals surface area contributed by atoms with Gasteiger partial charge in [0.25, 0.3) is 5.91 Å². The van der Waals surface area contributed by atoms with E-state index < -0.39 is 6.04 Å². The van der Waals surface area contributed by atoms with Gasteiger partial charge in [-0.3, -0.25) is 9.59 Å². The summed E-state index contributed by atoms with van der Waals surface area (Å²) in [6.07, 6.45) is 5.89. The van der Waals surface area contributed by atoms with E-state index in [4.69, 9.17) is 0 Å². The summed E-state index contributed by atoms with van der Waals surface area (Å²) in [7, 11) is 1.60. The molecular weight excluding hydrogens is 306 g/mol. The van der Waals surface area contributed by atoms with Crippen molar-refractivity contribution in [3.8, 4) is 0 Å². The highest BCUT2D eigenvalue weighted by atomic mass is 16.2. The summed E-state index contributed by atoms with van der Waals surface area (Å²) in [5.41, 5.74) is 1.27. The van der Waals surface area contributed by atoms with Crippen molar-refractivity contribution < 1.29 is 9.59 Å². The molecule has 0 unspecified atom stereocenters. The lowest BCUT2D eigenvalue weighted by atomic mass is 10.00. The van der Waals surface area contributed by atoms with Gasteiger partial charge >= 0.3 is 0 Å². The summed E-state index contributed by atoms with van der Waals surface area (Å²) in [4.78, 5) is 31.0. The summed E-state index contributed by atoms with van der Waals surface area (Å²) < 4.78 is 1.83. The molecule has 0 bridgehead atoms. The molecule has 0 saturated carbocycles. The monoisotopic (exact) mass is 329 g/mol. The second-order valence-corrected chi connectivity index (χ2v) is 6.44. The average molecular weight is 329 g/mol. The Morgan fingerprint density at radius 2 is 2.08 bits per heavy atom. The molecule has 128 valence electrons. The molecular formula is C17H23N5O2. The van der Waals surface area contributed by atoms with E-state index in [2.05, 4.69) is 15.4 Å². The first kappa shape index (κ1) is 16.4. The highest BCUT2D eigenvalue weighted by molar-refractivity contribution is 5.99. The Balaban J connectivity index is 1.91. The standard InChI is InChI=1S/C17H23N5O2/c1-11(2)22-15-12(10-20-22)8-13(9-19-15)17(24)21-7-5-4-6-14(21)16(23)18-3/h8-11,14H,4-7H2,1-3H3,(H,18,23)/t14-/m1/s1. The van der Waals surface area contributed by atoms with Crippen LogP contribution in [0.1, 0.15) is 49.5 Å². The van der Waals surface area contributed by atoms with Crippen molar-refractivity contribution in [1.29, 1.82) is 0 Å². The van der Waals surface area contributed by atoms with E-state index in [9.17, 15) is 9.59 Å². The predicted molar refractivity (Wildman–Crippen MR) is 90.7 cm³/mol. The largest absolute Gasteiger partial charge is 0.357 e. The van der Waals surface area contributed by atoms with Crippen LogP contribution in [0.15, 0.2) is 18.5 Å². The fraction of sp³-hybridized carbons (Fsp3) is 0.529. The van der Waals surface area contributed by atoms with Crippen LogP contribution in [-0.4, -0.2) is 51.1 Å². The number of hydrogen-bond acceptors (Lipinski definition) is 4. The van der Waals surface area contributed by atoms with E-state index in [0.29, 0.717) is 18.5 Å². The predicted octanol–water partition coefficient (Wildman–Crippen LogP) is 1.75. The van der Waals surface area contributed by atoms with E-state index in [0.717, 1.165) is 23.9 Å². The average Bonchev–Trinajstić information content (AvgIpc) is 3.03. The van der Waals surface area contributed by atoms with Gasteiger partial charge in [0.05, 0.1) is 11.8 Å². The number of likely N-dealkylation sites (tertiary alicyclic amines) is 1. The molecule has 1 fully saturated rings. The minimum Gasteiger partial charge on any atom is -0.357 e. The Bertz CT molecular complexity index is 767. The minimum atomic E-state index is -0.398. The molecule has 1 saturated heterocycles. The SMILES string of the molecule is CNC(=O)[C@H]1CCCCN1C(=O)c1cnc2c(cnn2C(C)C)c1. The zero-order valence-electron chi connectivity index (χ0n) is 14.3. The Labute approximate surface area is 141 Å². The number of amides is 2. The number of nitrogens with one attached hydrogen (secondary N) is 1. The Morgan fingerprint density at radius 3 is 2.79 bits per heavy atom. The third-order valence-electron chi connectivity index (χ3n) is 4.48. The molecule has 1 N–H and O–H groups in total. The van der Waals surface area contributed by atoms with Gasteiger partial charge < -0.3 is 10.2 Å². The first-order valence-electron chi connectivity index (χ1n) is 8.38. The van der Waals surface area contributed by atoms with Crippen LogP contribution < -0.4 is 5.32 Å². The van der Waals surface area contributed by atoms with Crippen LogP contribution >= 0.6 is 0 Å². The highest BCUT2D eigenvalue weighted by Crippen LogP contribution is 2.22. The second-order valence-electron chi connectivity index (χ2n) is 6.44. The number of nitrogens with zero attached hydrogens (tertiary/aromatic N) is 4. The molecule has 1 aliphatic heterocycles. The van der Waals surface area contributed by atoms with Crippen molar-refractivity contribution in [2.24, 2.45) is 0 Å². The molecule has 24 heavy (non-hydrogen) atoms. The fourth-order valence-electron chi connectivity index (χ4n) is 3.21. The fourth-order valence-corrected chi connectivity index (χ4v) is 3.21. The third kappa shape index (κ3) is 2.86. The van der Waals surface area contributed by atoms with Gasteiger partial charge in [0.2, 0.25) is 5.91 Å². The molecule has 1 aliphatic rings. The van der Waals surface area contributed by atoms with Crippen LogP contribution in [-0.2, 0) is 4.79 Å². The van der Waals surface area contributed by atoms with Crippen molar-refractivity contribution in [3.05, 3.63) is 24.0 Å². The summed E-state index contributed by atoms with van der Waals surface area (Å²) in [6.45, 7) is 4.67. The number of rotatable bonds is 3. The van der Waals surface area contributed by atoms with Gasteiger partial charge in [-0.2, -0.15) is 5.10 Å². The number of carbonyl (C=O) groups excluding carboxylic acids is 2. The third-order valence-corrected chi connectivity index (χ3v) is 4.48. The lowest BCUT2D eigenvalue weighted by Gasteiger charge is -2.34. The van der Waals surface area contributed by atoms with Gasteiger partial charge in [-0.25, -0.2) is 9.67 Å². The highest BCUT2D eigenvalue weighted by Gasteiger charge is 2.32. The number of likely N-dealkylation sites (N-methyl/N-ethyl adjacent to an activating group) is 1. The molecule has 1 atom stereocenters. The molecule has 0 radical (unpaired) electrons. The number of pyridine rings is 1. The molecule has 0 spiro atoms. The van der Waals surface area contributed by atoms with E-state index in [-0.39, 0.29) is 17.9 Å². The molecule has 3 heterocycles. The maximum atomic E-state index is 12.9. The number of hydrogen-bond donors (Lipinski definition) is 1. The van der Waals surface area contributed by atoms with Gasteiger partial charge in [-0.1, -0.05) is 0 Å². The normalized spacial score (nSPS) is 18.2. The number of aromatic nitrogens is 3. The first-order valence-corrected chi connectivity index (χ1v) is 8.38. The van der Waals surface area contributed by atoms with Crippen LogP contribution in [0.4, 0.5) is 0 Å². The Hall–Kier alpha value is -2.44. The van der Waals surface area contributed by atoms with Gasteiger partial charge in [0.1, 0.15) is 6.04 Å². The molecule has 7 heteroatoms. The number of piperidine rings is 1. The molecule has 3 rings (SSSR count). The van der Waals surface area contributed by atoms with Crippen molar-refractivity contribution in [3.63, 3.8) is 0 Å². The molecule has 2 aromatic heterocycles. The van der Waals surface area contributed by atoms with Crippen LogP contribution in [0.2, 0.25) is 0 Å². The number of carbonyl (C=O) groups is 2. The van der Waals surface area contributed by atoms with Crippen molar-refractivity contribution >= 4 is 22.8 Å². The van der Waals surface area contributed by atoms with Gasteiger partial charge in [-0.05, 0) is 39.2 Å². The van der Waals surface area contributed by atoms with Crippen LogP contribution in [0.3, 0.4) is 0 Å². The smallest absolute Gasteiger partial charge is 0.256 e. The number of fused-ring (bicyclic) bond motifs is 1. The van der Waals surface area contributed by atoms with Crippen LogP contribution in [0.5, 0.6) is 0 Å². The van der Waals surface area contributed by atoms with E-state index in [1.807, 2.05) is 24.6 Å². The van der Waals surface area contributed by atoms with Crippen molar-refractivity contribution in [2.45, 2.75) is 45.2 Å². The van der Waals surface area contributed by atoms with E-state index in [1.165, 1.54) is 0 Å². The lowest BCUT2D eigenvalue weighted by Crippen LogP contribution is -2.51.